The van der Waals surface area contributed by atoms with Gasteiger partial charge in [-0.25, -0.2) is 15.0 Å². The van der Waals surface area contributed by atoms with Gasteiger partial charge in [-0.15, -0.1) is 0 Å². The molecular weight excluding hydrogens is 398 g/mol. The average Bonchev–Trinajstić information content (AvgIpc) is 3.23. The summed E-state index contributed by atoms with van der Waals surface area (Å²) in [4.78, 5) is 16.5. The molecule has 3 aromatic heterocycles. The lowest BCUT2D eigenvalue weighted by Gasteiger charge is -2.38. The van der Waals surface area contributed by atoms with Crippen molar-refractivity contribution in [1.29, 1.82) is 0 Å². The molecule has 2 atom stereocenters. The Kier molecular flexibility index (Phi) is 4.72. The van der Waals surface area contributed by atoms with Gasteiger partial charge < -0.3 is 15.5 Å². The SMILES string of the molecule is Cc1cccc(Cl)c1Nc1nc2ccc(N3C[C@@H](C)NC[C@@H]3C)nc2n2cncc12. The van der Waals surface area contributed by atoms with Crippen LogP contribution in [-0.2, 0) is 0 Å². The monoisotopic (exact) mass is 421 g/mol. The van der Waals surface area contributed by atoms with Gasteiger partial charge in [-0.2, -0.15) is 0 Å². The molecule has 0 spiro atoms. The molecular formula is C22H24ClN7. The van der Waals surface area contributed by atoms with Crippen LogP contribution in [0.5, 0.6) is 0 Å². The van der Waals surface area contributed by atoms with Crippen molar-refractivity contribution in [2.24, 2.45) is 0 Å². The molecule has 1 aliphatic heterocycles. The van der Waals surface area contributed by atoms with E-state index in [9.17, 15) is 0 Å². The van der Waals surface area contributed by atoms with E-state index in [0.29, 0.717) is 22.9 Å². The topological polar surface area (TPSA) is 70.4 Å². The fourth-order valence-corrected chi connectivity index (χ4v) is 4.28. The highest BCUT2D eigenvalue weighted by molar-refractivity contribution is 6.33. The minimum atomic E-state index is 0.376. The molecule has 0 bridgehead atoms. The summed E-state index contributed by atoms with van der Waals surface area (Å²) in [7, 11) is 0. The molecule has 4 aromatic rings. The number of nitrogens with one attached hydrogen (secondary N) is 2. The van der Waals surface area contributed by atoms with Crippen LogP contribution in [0.4, 0.5) is 17.3 Å². The highest BCUT2D eigenvalue weighted by Crippen LogP contribution is 2.31. The normalized spacial score (nSPS) is 19.5. The summed E-state index contributed by atoms with van der Waals surface area (Å²) in [6.07, 6.45) is 3.58. The molecule has 0 amide bonds. The van der Waals surface area contributed by atoms with E-state index in [2.05, 4.69) is 40.4 Å². The summed E-state index contributed by atoms with van der Waals surface area (Å²) in [5, 5.41) is 7.58. The lowest BCUT2D eigenvalue weighted by Crippen LogP contribution is -2.54. The smallest absolute Gasteiger partial charge is 0.166 e. The minimum Gasteiger partial charge on any atom is -0.351 e. The Hall–Kier alpha value is -2.90. The van der Waals surface area contributed by atoms with Crippen molar-refractivity contribution in [3.63, 3.8) is 0 Å². The number of halogens is 1. The number of hydrogen-bond acceptors (Lipinski definition) is 6. The molecule has 5 rings (SSSR count). The van der Waals surface area contributed by atoms with Gasteiger partial charge in [-0.1, -0.05) is 23.7 Å². The van der Waals surface area contributed by atoms with E-state index < -0.39 is 0 Å². The van der Waals surface area contributed by atoms with Crippen LogP contribution in [0.25, 0.3) is 16.7 Å². The summed E-state index contributed by atoms with van der Waals surface area (Å²) in [5.41, 5.74) is 4.35. The quantitative estimate of drug-likeness (QED) is 0.517. The third-order valence-corrected chi connectivity index (χ3v) is 6.02. The molecule has 154 valence electrons. The van der Waals surface area contributed by atoms with Gasteiger partial charge in [0.05, 0.1) is 16.9 Å². The zero-order valence-electron chi connectivity index (χ0n) is 17.2. The van der Waals surface area contributed by atoms with Crippen LogP contribution in [0, 0.1) is 6.92 Å². The van der Waals surface area contributed by atoms with Crippen LogP contribution in [0.1, 0.15) is 19.4 Å². The van der Waals surface area contributed by atoms with Crippen molar-refractivity contribution in [3.8, 4) is 0 Å². The number of aryl methyl sites for hydroxylation is 1. The second-order valence-electron chi connectivity index (χ2n) is 7.99. The number of rotatable bonds is 3. The number of nitrogens with zero attached hydrogens (tertiary/aromatic N) is 5. The first-order valence-corrected chi connectivity index (χ1v) is 10.5. The standard InChI is InChI=1S/C22H24ClN7/c1-13-5-4-6-16(23)20(13)28-21-18-10-24-12-30(18)22-17(26-21)7-8-19(27-22)29-11-14(2)25-9-15(29)3/h4-8,10,12,14-15,25H,9,11H2,1-3H3,(H,26,28)/t14-,15+/m1/s1. The van der Waals surface area contributed by atoms with E-state index in [1.807, 2.05) is 35.6 Å². The van der Waals surface area contributed by atoms with Gasteiger partial charge in [0.1, 0.15) is 23.2 Å². The van der Waals surface area contributed by atoms with Crippen molar-refractivity contribution in [2.45, 2.75) is 32.9 Å². The number of fused-ring (bicyclic) bond motifs is 3. The molecule has 1 aliphatic rings. The van der Waals surface area contributed by atoms with Crippen molar-refractivity contribution in [3.05, 3.63) is 53.4 Å². The summed E-state index contributed by atoms with van der Waals surface area (Å²) in [6.45, 7) is 8.30. The van der Waals surface area contributed by atoms with Crippen molar-refractivity contribution in [2.75, 3.05) is 23.3 Å². The van der Waals surface area contributed by atoms with Crippen LogP contribution >= 0.6 is 11.6 Å². The maximum absolute atomic E-state index is 6.42. The maximum Gasteiger partial charge on any atom is 0.166 e. The molecule has 4 heterocycles. The molecule has 1 fully saturated rings. The van der Waals surface area contributed by atoms with Crippen LogP contribution in [0.3, 0.4) is 0 Å². The zero-order valence-corrected chi connectivity index (χ0v) is 18.0. The summed E-state index contributed by atoms with van der Waals surface area (Å²) < 4.78 is 1.98. The Morgan fingerprint density at radius 1 is 1.17 bits per heavy atom. The predicted octanol–water partition coefficient (Wildman–Crippen LogP) is 4.17. The Balaban J connectivity index is 1.61. The summed E-state index contributed by atoms with van der Waals surface area (Å²) in [6, 6.07) is 10.7. The third-order valence-electron chi connectivity index (χ3n) is 5.71. The number of pyridine rings is 1. The van der Waals surface area contributed by atoms with E-state index >= 15 is 0 Å². The number of imidazole rings is 1. The lowest BCUT2D eigenvalue weighted by atomic mass is 10.1. The van der Waals surface area contributed by atoms with E-state index in [1.165, 1.54) is 0 Å². The van der Waals surface area contributed by atoms with E-state index in [4.69, 9.17) is 21.6 Å². The van der Waals surface area contributed by atoms with Crippen LogP contribution < -0.4 is 15.5 Å². The van der Waals surface area contributed by atoms with Crippen LogP contribution in [0.15, 0.2) is 42.9 Å². The fourth-order valence-electron chi connectivity index (χ4n) is 4.01. The minimum absolute atomic E-state index is 0.376. The van der Waals surface area contributed by atoms with E-state index in [-0.39, 0.29) is 0 Å². The Morgan fingerprint density at radius 2 is 2.03 bits per heavy atom. The number of benzene rings is 1. The first kappa shape index (κ1) is 19.1. The lowest BCUT2D eigenvalue weighted by molar-refractivity contribution is 0.423. The molecule has 0 radical (unpaired) electrons. The van der Waals surface area contributed by atoms with Gasteiger partial charge in [0, 0.05) is 25.2 Å². The van der Waals surface area contributed by atoms with Crippen molar-refractivity contribution < 1.29 is 0 Å². The Bertz CT molecular complexity index is 1210. The molecule has 1 saturated heterocycles. The Morgan fingerprint density at radius 3 is 2.87 bits per heavy atom. The highest BCUT2D eigenvalue weighted by atomic mass is 35.5. The van der Waals surface area contributed by atoms with Gasteiger partial charge in [-0.3, -0.25) is 4.40 Å². The van der Waals surface area contributed by atoms with Crippen LogP contribution in [0.2, 0.25) is 5.02 Å². The first-order chi connectivity index (χ1) is 14.5. The van der Waals surface area contributed by atoms with Gasteiger partial charge in [-0.05, 0) is 44.5 Å². The molecule has 0 unspecified atom stereocenters. The van der Waals surface area contributed by atoms with Gasteiger partial charge in [0.2, 0.25) is 0 Å². The molecule has 1 aromatic carbocycles. The maximum atomic E-state index is 6.42. The molecule has 7 nitrogen and oxygen atoms in total. The molecule has 2 N–H and O–H groups in total. The molecule has 0 saturated carbocycles. The largest absolute Gasteiger partial charge is 0.351 e. The molecule has 0 aliphatic carbocycles. The number of para-hydroxylation sites is 1. The second-order valence-corrected chi connectivity index (χ2v) is 8.40. The van der Waals surface area contributed by atoms with E-state index in [1.54, 1.807) is 12.5 Å². The van der Waals surface area contributed by atoms with Crippen molar-refractivity contribution >= 4 is 45.6 Å². The fraction of sp³-hybridized carbons (Fsp3) is 0.318. The number of aromatic nitrogens is 4. The predicted molar refractivity (Wildman–Crippen MR) is 122 cm³/mol. The summed E-state index contributed by atoms with van der Waals surface area (Å²) >= 11 is 6.42. The van der Waals surface area contributed by atoms with Gasteiger partial charge >= 0.3 is 0 Å². The summed E-state index contributed by atoms with van der Waals surface area (Å²) in [5.74, 6) is 1.66. The molecule has 30 heavy (non-hydrogen) atoms. The number of anilines is 3. The van der Waals surface area contributed by atoms with Gasteiger partial charge in [0.15, 0.2) is 11.5 Å². The average molecular weight is 422 g/mol. The number of hydrogen-bond donors (Lipinski definition) is 2. The zero-order chi connectivity index (χ0) is 20.8. The van der Waals surface area contributed by atoms with Gasteiger partial charge in [0.25, 0.3) is 0 Å². The second kappa shape index (κ2) is 7.41. The number of piperazine rings is 1. The van der Waals surface area contributed by atoms with Crippen molar-refractivity contribution in [1.82, 2.24) is 24.7 Å². The van der Waals surface area contributed by atoms with E-state index in [0.717, 1.165) is 46.8 Å². The first-order valence-electron chi connectivity index (χ1n) is 10.2. The Labute approximate surface area is 180 Å². The van der Waals surface area contributed by atoms with Crippen LogP contribution in [-0.4, -0.2) is 44.5 Å². The highest BCUT2D eigenvalue weighted by Gasteiger charge is 2.24. The third kappa shape index (κ3) is 3.24. The molecule has 8 heteroatoms.